The number of rotatable bonds is 7. The van der Waals surface area contributed by atoms with Gasteiger partial charge in [0.1, 0.15) is 0 Å². The third-order valence-electron chi connectivity index (χ3n) is 4.06. The first kappa shape index (κ1) is 16.2. The Morgan fingerprint density at radius 1 is 1.42 bits per heavy atom. The second-order valence-electron chi connectivity index (χ2n) is 6.31. The predicted octanol–water partition coefficient (Wildman–Crippen LogP) is 4.87. The van der Waals surface area contributed by atoms with Gasteiger partial charge in [0, 0.05) is 12.1 Å². The molecule has 0 saturated carbocycles. The molecule has 0 heterocycles. The predicted molar refractivity (Wildman–Crippen MR) is 86.3 cm³/mol. The molecular formula is C18H31N. The van der Waals surface area contributed by atoms with Gasteiger partial charge in [-0.1, -0.05) is 70.6 Å². The molecule has 1 rings (SSSR count). The molecule has 0 fully saturated rings. The van der Waals surface area contributed by atoms with Crippen LogP contribution in [-0.2, 0) is 0 Å². The smallest absolute Gasteiger partial charge is 0.0322 e. The zero-order chi connectivity index (χ0) is 14.4. The van der Waals surface area contributed by atoms with Crippen molar-refractivity contribution in [3.63, 3.8) is 0 Å². The molecule has 0 aliphatic heterocycles. The Bertz CT molecular complexity index is 349. The third kappa shape index (κ3) is 5.36. The summed E-state index contributed by atoms with van der Waals surface area (Å²) in [5, 5.41) is 3.68. The average Bonchev–Trinajstić information content (AvgIpc) is 2.38. The average molecular weight is 261 g/mol. The van der Waals surface area contributed by atoms with Gasteiger partial charge in [-0.15, -0.1) is 0 Å². The lowest BCUT2D eigenvalue weighted by atomic mass is 9.87. The Balaban J connectivity index is 2.70. The summed E-state index contributed by atoms with van der Waals surface area (Å²) in [6.07, 6.45) is 10.4. The van der Waals surface area contributed by atoms with Gasteiger partial charge >= 0.3 is 0 Å². The molecule has 0 amide bonds. The van der Waals surface area contributed by atoms with E-state index in [1.807, 2.05) is 0 Å². The fraction of sp³-hybridized carbons (Fsp3) is 0.667. The molecule has 19 heavy (non-hydrogen) atoms. The molecule has 3 atom stereocenters. The molecule has 0 spiro atoms. The summed E-state index contributed by atoms with van der Waals surface area (Å²) < 4.78 is 0. The van der Waals surface area contributed by atoms with E-state index < -0.39 is 0 Å². The van der Waals surface area contributed by atoms with Crippen molar-refractivity contribution in [2.75, 3.05) is 0 Å². The minimum Gasteiger partial charge on any atom is -0.308 e. The highest BCUT2D eigenvalue weighted by Gasteiger charge is 2.19. The van der Waals surface area contributed by atoms with E-state index in [2.05, 4.69) is 64.7 Å². The van der Waals surface area contributed by atoms with Gasteiger partial charge in [0.05, 0.1) is 0 Å². The maximum atomic E-state index is 4.35. The maximum absolute atomic E-state index is 4.35. The second-order valence-corrected chi connectivity index (χ2v) is 6.31. The highest BCUT2D eigenvalue weighted by molar-refractivity contribution is 5.27. The molecule has 1 aliphatic rings. The molecule has 0 aromatic rings. The van der Waals surface area contributed by atoms with Crippen molar-refractivity contribution in [3.05, 3.63) is 36.0 Å². The fourth-order valence-corrected chi connectivity index (χ4v) is 2.46. The van der Waals surface area contributed by atoms with Gasteiger partial charge in [-0.05, 0) is 31.1 Å². The van der Waals surface area contributed by atoms with Crippen molar-refractivity contribution in [2.24, 2.45) is 11.8 Å². The Kier molecular flexibility index (Phi) is 6.57. The van der Waals surface area contributed by atoms with E-state index in [0.717, 1.165) is 6.42 Å². The molecular weight excluding hydrogens is 230 g/mol. The first-order chi connectivity index (χ1) is 8.93. The SMILES string of the molecule is C=C(C(C)CC)C(CC1=CCC(C)C=C1)NC(C)C. The molecule has 3 unspecified atom stereocenters. The monoisotopic (exact) mass is 261 g/mol. The van der Waals surface area contributed by atoms with Crippen LogP contribution in [0.1, 0.15) is 53.9 Å². The summed E-state index contributed by atoms with van der Waals surface area (Å²) in [5.74, 6) is 1.28. The number of allylic oxidation sites excluding steroid dienone is 3. The first-order valence-corrected chi connectivity index (χ1v) is 7.76. The highest BCUT2D eigenvalue weighted by Crippen LogP contribution is 2.25. The topological polar surface area (TPSA) is 12.0 Å². The van der Waals surface area contributed by atoms with Gasteiger partial charge < -0.3 is 5.32 Å². The van der Waals surface area contributed by atoms with Gasteiger partial charge in [-0.2, -0.15) is 0 Å². The van der Waals surface area contributed by atoms with Crippen LogP contribution in [0.4, 0.5) is 0 Å². The van der Waals surface area contributed by atoms with E-state index in [0.29, 0.717) is 23.9 Å². The van der Waals surface area contributed by atoms with Gasteiger partial charge in [0.15, 0.2) is 0 Å². The molecule has 0 radical (unpaired) electrons. The first-order valence-electron chi connectivity index (χ1n) is 7.76. The van der Waals surface area contributed by atoms with E-state index in [4.69, 9.17) is 0 Å². The number of hydrogen-bond acceptors (Lipinski definition) is 1. The van der Waals surface area contributed by atoms with Crippen LogP contribution in [0.25, 0.3) is 0 Å². The molecule has 1 heteroatoms. The van der Waals surface area contributed by atoms with Gasteiger partial charge in [0.25, 0.3) is 0 Å². The van der Waals surface area contributed by atoms with Gasteiger partial charge in [-0.25, -0.2) is 0 Å². The molecule has 0 aromatic heterocycles. The quantitative estimate of drug-likeness (QED) is 0.645. The van der Waals surface area contributed by atoms with Crippen LogP contribution in [0, 0.1) is 11.8 Å². The molecule has 0 bridgehead atoms. The van der Waals surface area contributed by atoms with Crippen LogP contribution in [0.2, 0.25) is 0 Å². The Morgan fingerprint density at radius 2 is 2.11 bits per heavy atom. The summed E-state index contributed by atoms with van der Waals surface area (Å²) >= 11 is 0. The normalized spacial score (nSPS) is 22.2. The van der Waals surface area contributed by atoms with Gasteiger partial charge in [-0.3, -0.25) is 0 Å². The Morgan fingerprint density at radius 3 is 2.58 bits per heavy atom. The summed E-state index contributed by atoms with van der Waals surface area (Å²) in [5.41, 5.74) is 2.81. The largest absolute Gasteiger partial charge is 0.308 e. The van der Waals surface area contributed by atoms with Crippen molar-refractivity contribution in [1.29, 1.82) is 0 Å². The molecule has 0 aromatic carbocycles. The van der Waals surface area contributed by atoms with Crippen molar-refractivity contribution in [1.82, 2.24) is 5.32 Å². The molecule has 0 saturated heterocycles. The summed E-state index contributed by atoms with van der Waals surface area (Å²) in [7, 11) is 0. The Hall–Kier alpha value is -0.820. The standard InChI is InChI=1S/C18H31N/c1-7-15(5)16(6)18(19-13(2)3)12-17-10-8-14(4)9-11-17/h8,10-11,13-15,18-19H,6-7,9,12H2,1-5H3. The van der Waals surface area contributed by atoms with E-state index in [1.54, 1.807) is 0 Å². The van der Waals surface area contributed by atoms with Crippen molar-refractivity contribution < 1.29 is 0 Å². The minimum atomic E-state index is 0.402. The summed E-state index contributed by atoms with van der Waals surface area (Å²) in [6, 6.07) is 0.900. The van der Waals surface area contributed by atoms with E-state index >= 15 is 0 Å². The van der Waals surface area contributed by atoms with Gasteiger partial charge in [0.2, 0.25) is 0 Å². The lowest BCUT2D eigenvalue weighted by molar-refractivity contribution is 0.462. The summed E-state index contributed by atoms with van der Waals surface area (Å²) in [6.45, 7) is 15.6. The maximum Gasteiger partial charge on any atom is 0.0322 e. The van der Waals surface area contributed by atoms with E-state index in [9.17, 15) is 0 Å². The van der Waals surface area contributed by atoms with Crippen LogP contribution < -0.4 is 5.32 Å². The van der Waals surface area contributed by atoms with Crippen molar-refractivity contribution >= 4 is 0 Å². The lowest BCUT2D eigenvalue weighted by Gasteiger charge is -2.28. The zero-order valence-electron chi connectivity index (χ0n) is 13.4. The molecule has 1 aliphatic carbocycles. The van der Waals surface area contributed by atoms with Crippen LogP contribution >= 0.6 is 0 Å². The molecule has 1 N–H and O–H groups in total. The van der Waals surface area contributed by atoms with Crippen LogP contribution in [-0.4, -0.2) is 12.1 Å². The number of nitrogens with one attached hydrogen (secondary N) is 1. The van der Waals surface area contributed by atoms with Crippen molar-refractivity contribution in [3.8, 4) is 0 Å². The minimum absolute atomic E-state index is 0.402. The van der Waals surface area contributed by atoms with E-state index in [1.165, 1.54) is 24.0 Å². The summed E-state index contributed by atoms with van der Waals surface area (Å²) in [4.78, 5) is 0. The molecule has 108 valence electrons. The lowest BCUT2D eigenvalue weighted by Crippen LogP contribution is -2.37. The molecule has 1 nitrogen and oxygen atoms in total. The second kappa shape index (κ2) is 7.69. The zero-order valence-corrected chi connectivity index (χ0v) is 13.4. The fourth-order valence-electron chi connectivity index (χ4n) is 2.46. The van der Waals surface area contributed by atoms with Crippen LogP contribution in [0.3, 0.4) is 0 Å². The van der Waals surface area contributed by atoms with E-state index in [-0.39, 0.29) is 0 Å². The van der Waals surface area contributed by atoms with Crippen molar-refractivity contribution in [2.45, 2.75) is 66.0 Å². The highest BCUT2D eigenvalue weighted by atomic mass is 14.9. The Labute approximate surface area is 119 Å². The van der Waals surface area contributed by atoms with Crippen LogP contribution in [0.15, 0.2) is 36.0 Å². The van der Waals surface area contributed by atoms with Crippen LogP contribution in [0.5, 0.6) is 0 Å². The number of hydrogen-bond donors (Lipinski definition) is 1. The third-order valence-corrected chi connectivity index (χ3v) is 4.06.